The molecule has 0 aliphatic carbocycles. The zero-order valence-electron chi connectivity index (χ0n) is 17.7. The average Bonchev–Trinajstić information content (AvgIpc) is 2.70. The molecule has 1 rings (SSSR count). The Morgan fingerprint density at radius 3 is 1.44 bits per heavy atom. The highest BCUT2D eigenvalue weighted by Gasteiger charge is 1.96. The molecule has 1 heterocycles. The second-order valence-corrected chi connectivity index (χ2v) is 8.04. The Hall–Kier alpha value is -1.18. The summed E-state index contributed by atoms with van der Waals surface area (Å²) in [6.07, 6.45) is 28.1. The maximum Gasteiger partial charge on any atom is 0.119 e. The largest absolute Gasteiger partial charge is 0.303 e. The van der Waals surface area contributed by atoms with Gasteiger partial charge in [-0.2, -0.15) is 0 Å². The van der Waals surface area contributed by atoms with Gasteiger partial charge < -0.3 is 4.79 Å². The third kappa shape index (κ3) is 16.7. The van der Waals surface area contributed by atoms with Crippen LogP contribution < -0.4 is 0 Å². The molecule has 0 aliphatic heterocycles. The fraction of sp³-hybridized carbons (Fsp3) is 0.760. The second-order valence-electron chi connectivity index (χ2n) is 8.04. The van der Waals surface area contributed by atoms with E-state index in [0.29, 0.717) is 0 Å². The van der Waals surface area contributed by atoms with Crippen LogP contribution in [0.25, 0.3) is 0 Å². The first kappa shape index (κ1) is 23.9. The van der Waals surface area contributed by atoms with Crippen molar-refractivity contribution in [3.63, 3.8) is 0 Å². The van der Waals surface area contributed by atoms with Gasteiger partial charge in [0, 0.05) is 18.3 Å². The molecule has 27 heavy (non-hydrogen) atoms. The zero-order chi connectivity index (χ0) is 19.3. The Morgan fingerprint density at radius 1 is 0.593 bits per heavy atom. The summed E-state index contributed by atoms with van der Waals surface area (Å²) in [6.45, 7) is 0. The van der Waals surface area contributed by atoms with Crippen molar-refractivity contribution in [2.24, 2.45) is 0 Å². The minimum absolute atomic E-state index is 0.756. The van der Waals surface area contributed by atoms with Crippen LogP contribution in [0.2, 0.25) is 0 Å². The number of nitrogens with zero attached hydrogens (tertiary/aromatic N) is 1. The van der Waals surface area contributed by atoms with Crippen molar-refractivity contribution in [3.05, 3.63) is 30.1 Å². The fourth-order valence-electron chi connectivity index (χ4n) is 3.73. The van der Waals surface area contributed by atoms with Gasteiger partial charge in [-0.1, -0.05) is 102 Å². The number of aryl methyl sites for hydroxylation is 1. The third-order valence-electron chi connectivity index (χ3n) is 5.48. The number of carbonyl (C=O) groups is 1. The Morgan fingerprint density at radius 2 is 1.04 bits per heavy atom. The highest BCUT2D eigenvalue weighted by atomic mass is 16.1. The summed E-state index contributed by atoms with van der Waals surface area (Å²) < 4.78 is 0. The number of aromatic nitrogens is 1. The molecule has 0 saturated carbocycles. The van der Waals surface area contributed by atoms with Gasteiger partial charge in [0.15, 0.2) is 0 Å². The van der Waals surface area contributed by atoms with E-state index in [4.69, 9.17) is 0 Å². The first-order valence-corrected chi connectivity index (χ1v) is 11.8. The number of unbranched alkanes of at least 4 members (excludes halogenated alkanes) is 17. The first-order valence-electron chi connectivity index (χ1n) is 11.8. The molecule has 0 bridgehead atoms. The number of hydrogen-bond acceptors (Lipinski definition) is 2. The summed E-state index contributed by atoms with van der Waals surface area (Å²) in [7, 11) is 0. The lowest BCUT2D eigenvalue weighted by Crippen LogP contribution is -1.89. The SMILES string of the molecule is O=CCCCCCCCCCCCCCCCCCCCc1ccccn1. The molecule has 0 spiro atoms. The maximum absolute atomic E-state index is 10.2. The Labute approximate surface area is 168 Å². The van der Waals surface area contributed by atoms with E-state index in [1.54, 1.807) is 0 Å². The van der Waals surface area contributed by atoms with Gasteiger partial charge in [-0.15, -0.1) is 0 Å². The van der Waals surface area contributed by atoms with Gasteiger partial charge >= 0.3 is 0 Å². The average molecular weight is 374 g/mol. The summed E-state index contributed by atoms with van der Waals surface area (Å²) in [5.41, 5.74) is 1.24. The van der Waals surface area contributed by atoms with Crippen LogP contribution in [0.15, 0.2) is 24.4 Å². The van der Waals surface area contributed by atoms with Gasteiger partial charge in [0.05, 0.1) is 0 Å². The number of pyridine rings is 1. The van der Waals surface area contributed by atoms with Crippen LogP contribution in [-0.4, -0.2) is 11.3 Å². The molecule has 1 aromatic rings. The van der Waals surface area contributed by atoms with Crippen LogP contribution in [0.1, 0.15) is 121 Å². The molecule has 0 N–H and O–H groups in total. The standard InChI is InChI=1S/C25H43NO/c27-24-20-16-14-12-10-8-6-4-2-1-3-5-7-9-11-13-15-17-21-25-22-18-19-23-26-25/h18-19,22-24H,1-17,20-21H2. The van der Waals surface area contributed by atoms with E-state index in [9.17, 15) is 4.79 Å². The van der Waals surface area contributed by atoms with E-state index < -0.39 is 0 Å². The summed E-state index contributed by atoms with van der Waals surface area (Å²) in [5.74, 6) is 0. The molecule has 154 valence electrons. The van der Waals surface area contributed by atoms with Crippen LogP contribution in [0.5, 0.6) is 0 Å². The van der Waals surface area contributed by atoms with Gasteiger partial charge in [0.2, 0.25) is 0 Å². The van der Waals surface area contributed by atoms with Crippen molar-refractivity contribution in [2.45, 2.75) is 122 Å². The van der Waals surface area contributed by atoms with Gasteiger partial charge in [-0.25, -0.2) is 0 Å². The number of aldehydes is 1. The van der Waals surface area contributed by atoms with E-state index in [1.807, 2.05) is 12.3 Å². The molecule has 2 heteroatoms. The molecule has 0 radical (unpaired) electrons. The zero-order valence-corrected chi connectivity index (χ0v) is 17.7. The lowest BCUT2D eigenvalue weighted by molar-refractivity contribution is -0.107. The molecule has 0 amide bonds. The van der Waals surface area contributed by atoms with Crippen molar-refractivity contribution in [2.75, 3.05) is 0 Å². The van der Waals surface area contributed by atoms with E-state index >= 15 is 0 Å². The van der Waals surface area contributed by atoms with Gasteiger partial charge in [-0.3, -0.25) is 4.98 Å². The summed E-state index contributed by atoms with van der Waals surface area (Å²) >= 11 is 0. The van der Waals surface area contributed by atoms with Crippen molar-refractivity contribution in [3.8, 4) is 0 Å². The predicted octanol–water partition coefficient (Wildman–Crippen LogP) is 7.84. The maximum atomic E-state index is 10.2. The van der Waals surface area contributed by atoms with E-state index in [2.05, 4.69) is 17.1 Å². The highest BCUT2D eigenvalue weighted by Crippen LogP contribution is 2.14. The Kier molecular flexibility index (Phi) is 17.3. The second kappa shape index (κ2) is 19.6. The highest BCUT2D eigenvalue weighted by molar-refractivity contribution is 5.48. The number of rotatable bonds is 20. The van der Waals surface area contributed by atoms with Crippen molar-refractivity contribution in [1.29, 1.82) is 0 Å². The quantitative estimate of drug-likeness (QED) is 0.172. The van der Waals surface area contributed by atoms with E-state index in [-0.39, 0.29) is 0 Å². The lowest BCUT2D eigenvalue weighted by atomic mass is 10.0. The molecule has 0 unspecified atom stereocenters. The van der Waals surface area contributed by atoms with Crippen LogP contribution in [0.3, 0.4) is 0 Å². The monoisotopic (exact) mass is 373 g/mol. The molecule has 0 fully saturated rings. The van der Waals surface area contributed by atoms with Crippen LogP contribution in [0.4, 0.5) is 0 Å². The molecular formula is C25H43NO. The normalized spacial score (nSPS) is 11.0. The van der Waals surface area contributed by atoms with Crippen LogP contribution >= 0.6 is 0 Å². The van der Waals surface area contributed by atoms with Crippen LogP contribution in [0, 0.1) is 0 Å². The Bertz CT molecular complexity index is 418. The lowest BCUT2D eigenvalue weighted by Gasteiger charge is -2.04. The molecule has 2 nitrogen and oxygen atoms in total. The first-order chi connectivity index (χ1) is 13.4. The molecule has 1 aromatic heterocycles. The fourth-order valence-corrected chi connectivity index (χ4v) is 3.73. The van der Waals surface area contributed by atoms with E-state index in [1.165, 1.54) is 108 Å². The van der Waals surface area contributed by atoms with Gasteiger partial charge in [0.1, 0.15) is 6.29 Å². The smallest absolute Gasteiger partial charge is 0.119 e. The topological polar surface area (TPSA) is 30.0 Å². The van der Waals surface area contributed by atoms with Crippen molar-refractivity contribution in [1.82, 2.24) is 4.98 Å². The molecule has 0 saturated heterocycles. The van der Waals surface area contributed by atoms with Crippen LogP contribution in [-0.2, 0) is 11.2 Å². The summed E-state index contributed by atoms with van der Waals surface area (Å²) in [5, 5.41) is 0. The third-order valence-corrected chi connectivity index (χ3v) is 5.48. The summed E-state index contributed by atoms with van der Waals surface area (Å²) in [6, 6.07) is 6.21. The van der Waals surface area contributed by atoms with Crippen molar-refractivity contribution < 1.29 is 4.79 Å². The number of carbonyl (C=O) groups excluding carboxylic acids is 1. The minimum atomic E-state index is 0.756. The molecule has 0 atom stereocenters. The van der Waals surface area contributed by atoms with Gasteiger partial charge in [-0.05, 0) is 31.4 Å². The van der Waals surface area contributed by atoms with Gasteiger partial charge in [0.25, 0.3) is 0 Å². The molecule has 0 aromatic carbocycles. The number of hydrogen-bond donors (Lipinski definition) is 0. The summed E-state index contributed by atoms with van der Waals surface area (Å²) in [4.78, 5) is 14.6. The predicted molar refractivity (Wildman–Crippen MR) is 117 cm³/mol. The van der Waals surface area contributed by atoms with Crippen molar-refractivity contribution >= 4 is 6.29 Å². The Balaban J connectivity index is 1.68. The van der Waals surface area contributed by atoms with E-state index in [0.717, 1.165) is 25.5 Å². The molecule has 0 aliphatic rings. The minimum Gasteiger partial charge on any atom is -0.303 e. The molecular weight excluding hydrogens is 330 g/mol.